The van der Waals surface area contributed by atoms with Crippen molar-refractivity contribution in [2.24, 2.45) is 10.9 Å². The molecule has 1 N–H and O–H groups in total. The van der Waals surface area contributed by atoms with Gasteiger partial charge >= 0.3 is 0 Å². The Morgan fingerprint density at radius 1 is 1.08 bits per heavy atom. The molecule has 202 valence electrons. The van der Waals surface area contributed by atoms with Gasteiger partial charge in [-0.25, -0.2) is 4.39 Å². The number of pyridine rings is 2. The molecule has 1 fully saturated rings. The van der Waals surface area contributed by atoms with Gasteiger partial charge in [0.25, 0.3) is 5.91 Å². The Hall–Kier alpha value is -3.78. The number of halogens is 1. The van der Waals surface area contributed by atoms with E-state index in [1.165, 1.54) is 31.5 Å². The molecule has 0 saturated carbocycles. The van der Waals surface area contributed by atoms with Gasteiger partial charge in [-0.1, -0.05) is 20.3 Å². The number of hydrogen-bond donors (Lipinski definition) is 1. The maximum atomic E-state index is 15.3. The summed E-state index contributed by atoms with van der Waals surface area (Å²) in [5.74, 6) is -0.903. The largest absolute Gasteiger partial charge is 0.319 e. The molecule has 0 aliphatic carbocycles. The third-order valence-electron chi connectivity index (χ3n) is 7.68. The minimum atomic E-state index is -0.405. The molecule has 4 heterocycles. The number of amides is 1. The number of aromatic nitrogens is 2. The summed E-state index contributed by atoms with van der Waals surface area (Å²) >= 11 is 0. The molecule has 0 radical (unpaired) electrons. The number of anilines is 1. The number of Topliss-reactive ketones (excluding diaryl/α,β-unsaturated/α-hetero) is 1. The molecule has 0 bridgehead atoms. The smallest absolute Gasteiger partial charge is 0.274 e. The lowest BCUT2D eigenvalue weighted by atomic mass is 9.95. The fraction of sp³-hybridized carbons (Fsp3) is 0.387. The molecule has 7 nitrogen and oxygen atoms in total. The molecular formula is C31H34FN5O2. The number of carbonyl (C=O) groups is 2. The number of carbonyl (C=O) groups excluding carboxylic acids is 2. The summed E-state index contributed by atoms with van der Waals surface area (Å²) in [5.41, 5.74) is 4.46. The van der Waals surface area contributed by atoms with Crippen LogP contribution in [0.4, 0.5) is 10.1 Å². The average Bonchev–Trinajstić information content (AvgIpc) is 3.28. The van der Waals surface area contributed by atoms with Crippen molar-refractivity contribution in [2.45, 2.75) is 59.0 Å². The maximum absolute atomic E-state index is 15.3. The van der Waals surface area contributed by atoms with Crippen LogP contribution in [0.15, 0.2) is 53.9 Å². The molecule has 1 saturated heterocycles. The highest BCUT2D eigenvalue weighted by Gasteiger charge is 2.29. The zero-order valence-electron chi connectivity index (χ0n) is 22.7. The van der Waals surface area contributed by atoms with Gasteiger partial charge in [-0.05, 0) is 80.7 Å². The summed E-state index contributed by atoms with van der Waals surface area (Å²) in [7, 11) is 0. The van der Waals surface area contributed by atoms with E-state index in [4.69, 9.17) is 0 Å². The minimum absolute atomic E-state index is 0.0256. The van der Waals surface area contributed by atoms with Gasteiger partial charge in [0.2, 0.25) is 0 Å². The van der Waals surface area contributed by atoms with E-state index >= 15 is 4.39 Å². The van der Waals surface area contributed by atoms with E-state index in [2.05, 4.69) is 25.2 Å². The van der Waals surface area contributed by atoms with E-state index in [-0.39, 0.29) is 29.3 Å². The van der Waals surface area contributed by atoms with Gasteiger partial charge in [0, 0.05) is 41.5 Å². The molecule has 1 aromatic carbocycles. The number of nitrogens with zero attached hydrogens (tertiary/aromatic N) is 4. The Labute approximate surface area is 228 Å². The summed E-state index contributed by atoms with van der Waals surface area (Å²) in [5, 5.41) is 2.83. The van der Waals surface area contributed by atoms with E-state index in [1.807, 2.05) is 33.0 Å². The summed E-state index contributed by atoms with van der Waals surface area (Å²) in [6.07, 6.45) is 9.37. The van der Waals surface area contributed by atoms with Crippen molar-refractivity contribution in [3.05, 3.63) is 77.1 Å². The second-order valence-corrected chi connectivity index (χ2v) is 10.6. The minimum Gasteiger partial charge on any atom is -0.319 e. The molecule has 2 atom stereocenters. The lowest BCUT2D eigenvalue weighted by Crippen LogP contribution is -2.29. The highest BCUT2D eigenvalue weighted by atomic mass is 19.1. The Morgan fingerprint density at radius 2 is 1.87 bits per heavy atom. The Kier molecular flexibility index (Phi) is 7.93. The zero-order valence-corrected chi connectivity index (χ0v) is 22.7. The first-order valence-electron chi connectivity index (χ1n) is 13.7. The molecule has 5 rings (SSSR count). The Morgan fingerprint density at radius 3 is 2.59 bits per heavy atom. The monoisotopic (exact) mass is 527 g/mol. The fourth-order valence-corrected chi connectivity index (χ4v) is 5.21. The maximum Gasteiger partial charge on any atom is 0.274 e. The summed E-state index contributed by atoms with van der Waals surface area (Å²) < 4.78 is 15.3. The summed E-state index contributed by atoms with van der Waals surface area (Å²) in [6, 6.07) is 8.11. The fourth-order valence-electron chi connectivity index (χ4n) is 5.21. The number of ketones is 1. The normalized spacial score (nSPS) is 17.8. The van der Waals surface area contributed by atoms with E-state index in [0.717, 1.165) is 31.6 Å². The van der Waals surface area contributed by atoms with Crippen LogP contribution < -0.4 is 5.32 Å². The highest BCUT2D eigenvalue weighted by Crippen LogP contribution is 2.35. The molecule has 0 unspecified atom stereocenters. The molecular weight excluding hydrogens is 493 g/mol. The molecule has 2 aliphatic heterocycles. The first kappa shape index (κ1) is 26.8. The Bertz CT molecular complexity index is 1410. The van der Waals surface area contributed by atoms with Crippen molar-refractivity contribution in [1.29, 1.82) is 0 Å². The number of rotatable bonds is 8. The van der Waals surface area contributed by atoms with E-state index < -0.39 is 5.91 Å². The third-order valence-corrected chi connectivity index (χ3v) is 7.68. The third kappa shape index (κ3) is 5.81. The van der Waals surface area contributed by atoms with Crippen LogP contribution in [0.25, 0.3) is 11.1 Å². The van der Waals surface area contributed by atoms with Gasteiger partial charge in [0.15, 0.2) is 5.78 Å². The van der Waals surface area contributed by atoms with Gasteiger partial charge in [-0.15, -0.1) is 0 Å². The van der Waals surface area contributed by atoms with Gasteiger partial charge < -0.3 is 5.32 Å². The van der Waals surface area contributed by atoms with E-state index in [1.54, 1.807) is 24.4 Å². The number of hydrogen-bond acceptors (Lipinski definition) is 6. The molecule has 1 amide bonds. The van der Waals surface area contributed by atoms with Crippen LogP contribution in [0.3, 0.4) is 0 Å². The van der Waals surface area contributed by atoms with Crippen molar-refractivity contribution in [2.75, 3.05) is 18.4 Å². The molecule has 3 aromatic rings. The second-order valence-electron chi connectivity index (χ2n) is 10.6. The number of benzene rings is 1. The van der Waals surface area contributed by atoms with Crippen molar-refractivity contribution >= 4 is 23.1 Å². The van der Waals surface area contributed by atoms with Gasteiger partial charge in [-0.3, -0.25) is 29.4 Å². The Balaban J connectivity index is 1.37. The second kappa shape index (κ2) is 11.5. The number of nitrogens with one attached hydrogen (secondary N) is 1. The van der Waals surface area contributed by atoms with Gasteiger partial charge in [0.05, 0.1) is 17.9 Å². The topological polar surface area (TPSA) is 87.5 Å². The number of piperidine rings is 1. The van der Waals surface area contributed by atoms with Crippen LogP contribution in [0.5, 0.6) is 0 Å². The molecule has 39 heavy (non-hydrogen) atoms. The lowest BCUT2D eigenvalue weighted by Gasteiger charge is -2.26. The van der Waals surface area contributed by atoms with E-state index in [0.29, 0.717) is 33.6 Å². The summed E-state index contributed by atoms with van der Waals surface area (Å²) in [6.45, 7) is 8.59. The van der Waals surface area contributed by atoms with Crippen LogP contribution in [-0.2, 0) is 11.3 Å². The van der Waals surface area contributed by atoms with Crippen molar-refractivity contribution in [1.82, 2.24) is 14.9 Å². The van der Waals surface area contributed by atoms with Gasteiger partial charge in [-0.2, -0.15) is 0 Å². The van der Waals surface area contributed by atoms with Crippen molar-refractivity contribution < 1.29 is 14.0 Å². The standard InChI is InChI=1S/C31H34FN5O2/c1-4-19(2)30(38)28-9-8-23(17-34-28)36-31(39)29-26-13-25(27(32)14-24(26)20(3)35-29)22-12-21(15-33-16-22)18-37-10-6-5-7-11-37/h8-9,12-17,19-20H,4-7,10-11,18H2,1-3H3,(H,36,39)/t19-,20+/m1/s1. The number of likely N-dealkylation sites (tertiary alicyclic amines) is 1. The summed E-state index contributed by atoms with van der Waals surface area (Å²) in [4.78, 5) is 41.2. The van der Waals surface area contributed by atoms with Crippen molar-refractivity contribution in [3.63, 3.8) is 0 Å². The highest BCUT2D eigenvalue weighted by molar-refractivity contribution is 6.50. The van der Waals surface area contributed by atoms with Gasteiger partial charge in [0.1, 0.15) is 17.2 Å². The van der Waals surface area contributed by atoms with Crippen molar-refractivity contribution in [3.8, 4) is 11.1 Å². The lowest BCUT2D eigenvalue weighted by molar-refractivity contribution is -0.110. The molecule has 0 spiro atoms. The van der Waals surface area contributed by atoms with Crippen LogP contribution in [-0.4, -0.2) is 45.4 Å². The predicted octanol–water partition coefficient (Wildman–Crippen LogP) is 6.00. The zero-order chi connectivity index (χ0) is 27.5. The SMILES string of the molecule is CC[C@@H](C)C(=O)c1ccc(NC(=O)C2=N[C@@H](C)c3cc(F)c(-c4cncc(CN5CCCCC5)c4)cc32)cn1. The first-order chi connectivity index (χ1) is 18.8. The molecule has 8 heteroatoms. The van der Waals surface area contributed by atoms with Crippen LogP contribution in [0.2, 0.25) is 0 Å². The average molecular weight is 528 g/mol. The van der Waals surface area contributed by atoms with Crippen LogP contribution in [0, 0.1) is 11.7 Å². The first-order valence-corrected chi connectivity index (χ1v) is 13.7. The molecule has 2 aromatic heterocycles. The van der Waals surface area contributed by atoms with Crippen LogP contribution in [0.1, 0.15) is 79.7 Å². The van der Waals surface area contributed by atoms with E-state index in [9.17, 15) is 9.59 Å². The van der Waals surface area contributed by atoms with Crippen LogP contribution >= 0.6 is 0 Å². The molecule has 2 aliphatic rings. The number of fused-ring (bicyclic) bond motifs is 1. The predicted molar refractivity (Wildman–Crippen MR) is 150 cm³/mol. The quantitative estimate of drug-likeness (QED) is 0.363. The number of aliphatic imine (C=N–C) groups is 1.